The van der Waals surface area contributed by atoms with Gasteiger partial charge in [0.05, 0.1) is 46.0 Å². The number of benzene rings is 8. The van der Waals surface area contributed by atoms with Gasteiger partial charge < -0.3 is 94.0 Å². The van der Waals surface area contributed by atoms with Gasteiger partial charge in [-0.2, -0.15) is 0 Å². The van der Waals surface area contributed by atoms with Crippen LogP contribution >= 0.6 is 0 Å². The molecule has 0 amide bonds. The van der Waals surface area contributed by atoms with Crippen LogP contribution < -0.4 is 75.1 Å². The number of hydrogen-bond donors (Lipinski definition) is 0. The van der Waals surface area contributed by atoms with Gasteiger partial charge in [0.2, 0.25) is 27.2 Å². The Bertz CT molecular complexity index is 6050. The third-order valence-corrected chi connectivity index (χ3v) is 28.9. The molecule has 6 aliphatic rings. The summed E-state index contributed by atoms with van der Waals surface area (Å²) in [7, 11) is -21.2. The van der Waals surface area contributed by atoms with Gasteiger partial charge in [0.1, 0.15) is 158 Å². The molecular weight excluding hydrogens is 1880 g/mol. The van der Waals surface area contributed by atoms with Crippen LogP contribution in [0.2, 0.25) is 0 Å². The van der Waals surface area contributed by atoms with E-state index in [-0.39, 0.29) is 198 Å². The molecule has 32 nitrogen and oxygen atoms in total. The number of fused-ring (bicyclic) bond motifs is 8. The maximum Gasteiger partial charge on any atom is 0.230 e. The van der Waals surface area contributed by atoms with Crippen molar-refractivity contribution >= 4 is 40.5 Å². The largest absolute Gasteiger partial charge is 0.744 e. The van der Waals surface area contributed by atoms with Gasteiger partial charge in [-0.25, -0.2) is 51.9 Å². The van der Waals surface area contributed by atoms with Crippen LogP contribution in [0.5, 0.6) is 69.0 Å². The molecule has 12 aromatic rings. The molecule has 0 fully saturated rings. The lowest BCUT2D eigenvalue weighted by Gasteiger charge is -2.35. The van der Waals surface area contributed by atoms with Crippen molar-refractivity contribution in [2.24, 2.45) is 0 Å². The molecule has 4 aliphatic heterocycles. The molecule has 0 spiro atoms. The summed E-state index contributed by atoms with van der Waals surface area (Å²) in [4.78, 5) is -3.13. The topological polar surface area (TPSA) is 392 Å². The van der Waals surface area contributed by atoms with Crippen molar-refractivity contribution in [2.45, 2.75) is 151 Å². The van der Waals surface area contributed by atoms with Crippen molar-refractivity contribution in [3.8, 4) is 69.0 Å². The maximum atomic E-state index is 12.9. The maximum absolute atomic E-state index is 12.9. The molecule has 0 N–H and O–H groups in total. The van der Waals surface area contributed by atoms with Crippen LogP contribution in [0, 0.1) is 0 Å². The van der Waals surface area contributed by atoms with Gasteiger partial charge in [0.15, 0.2) is 75.8 Å². The lowest BCUT2D eigenvalue weighted by atomic mass is 9.78. The molecule has 8 aromatic carbocycles. The number of ether oxygens (including phenoxy) is 16. The Morgan fingerprint density at radius 2 is 0.421 bits per heavy atom. The lowest BCUT2D eigenvalue weighted by molar-refractivity contribution is -0.688. The highest BCUT2D eigenvalue weighted by Crippen LogP contribution is 2.57. The van der Waals surface area contributed by atoms with E-state index in [1.807, 2.05) is 72.8 Å². The van der Waals surface area contributed by atoms with Gasteiger partial charge in [-0.05, 0) is 100 Å². The molecule has 0 atom stereocenters. The van der Waals surface area contributed by atoms with Crippen LogP contribution in [0.4, 0.5) is 0 Å². The molecule has 0 saturated heterocycles. The van der Waals surface area contributed by atoms with Gasteiger partial charge >= 0.3 is 0 Å². The molecule has 0 saturated carbocycles. The first-order valence-electron chi connectivity index (χ1n) is 46.3. The third-order valence-electron chi connectivity index (χ3n) is 25.6. The highest BCUT2D eigenvalue weighted by atomic mass is 32.2. The lowest BCUT2D eigenvalue weighted by Crippen LogP contribution is -2.36. The van der Waals surface area contributed by atoms with E-state index < -0.39 is 85.7 Å². The molecule has 4 aromatic heterocycles. The third kappa shape index (κ3) is 21.7. The zero-order chi connectivity index (χ0) is 98.3. The first kappa shape index (κ1) is 99.0. The Labute approximate surface area is 813 Å². The van der Waals surface area contributed by atoms with Crippen molar-refractivity contribution in [2.75, 3.05) is 106 Å². The minimum absolute atomic E-state index is 0.00443. The summed E-state index contributed by atoms with van der Waals surface area (Å²) >= 11 is 0. The predicted octanol–water partition coefficient (Wildman–Crippen LogP) is 12.5. The molecule has 8 heterocycles. The number of hydrogen-bond acceptors (Lipinski definition) is 28. The highest BCUT2D eigenvalue weighted by molar-refractivity contribution is 7.86. The monoisotopic (exact) mass is 1990 g/mol. The van der Waals surface area contributed by atoms with Crippen molar-refractivity contribution in [1.29, 1.82) is 0 Å². The van der Waals surface area contributed by atoms with Gasteiger partial charge in [-0.1, -0.05) is 52.0 Å². The fourth-order valence-electron chi connectivity index (χ4n) is 19.1. The molecule has 36 heteroatoms. The molecule has 18 rings (SSSR count). The fourth-order valence-corrected chi connectivity index (χ4v) is 21.4. The standard InChI is InChI=1S/C60H56N4O8.C44H56O20S4/c1-37-41-25-43-38(2)45-27-47-40(4)48-28-46-39(3)44-26-42(37)54-50(30-62-19-11-6-12-20-62)56(44)68-35-70-58(46)52(32-64-23-15-8-16-24-64)60(48)72-36-71-59(47)51(31-63-21-13-7-14-22-63)57(45)69-34-67-55(43)49(53(41)65-33-66-54)29-61-17-9-5-10-18-61;1-5-57-9-13-61-41-29-17-31-23-38(66(48,49)50)25-33(42(31)62-14-10-58-6-2)19-35-27-40(68(54,55)56)28-36(44(35)64-16-12-60-8-4)20-34-26-39(67(51,52)53)24-32(43(34)63-15-11-59-7-3)18-30(41)22-37(21-29)65(45,46)47/h5-28,37-40H,29-36H2,1-4H3;21-28H,5-20H2,1-4H3,(H,45,46,47)(H,48,49,50)(H,51,52,53)(H,54,55,56)/q+4;/p-4. The van der Waals surface area contributed by atoms with Crippen LogP contribution in [0.15, 0.2) is 215 Å². The van der Waals surface area contributed by atoms with Gasteiger partial charge in [-0.15, -0.1) is 0 Å². The van der Waals surface area contributed by atoms with Gasteiger partial charge in [-0.3, -0.25) is 0 Å². The summed E-state index contributed by atoms with van der Waals surface area (Å²) in [6, 6.07) is 41.8. The summed E-state index contributed by atoms with van der Waals surface area (Å²) in [6.45, 7) is 18.3. The van der Waals surface area contributed by atoms with Gasteiger partial charge in [0.25, 0.3) is 0 Å². The second-order valence-corrected chi connectivity index (χ2v) is 40.0. The molecule has 140 heavy (non-hydrogen) atoms. The molecule has 0 unspecified atom stereocenters. The van der Waals surface area contributed by atoms with Crippen molar-refractivity contribution in [3.63, 3.8) is 0 Å². The van der Waals surface area contributed by atoms with E-state index in [1.54, 1.807) is 27.7 Å². The summed E-state index contributed by atoms with van der Waals surface area (Å²) in [5.41, 5.74) is 11.6. The molecule has 2 aliphatic carbocycles. The van der Waals surface area contributed by atoms with E-state index in [0.29, 0.717) is 26.2 Å². The Balaban J connectivity index is 0.000000194. The van der Waals surface area contributed by atoms with Crippen LogP contribution in [-0.2, 0) is 111 Å². The van der Waals surface area contributed by atoms with E-state index in [0.717, 1.165) is 161 Å². The number of rotatable bonds is 32. The van der Waals surface area contributed by atoms with Crippen molar-refractivity contribution < 1.29 is 146 Å². The normalized spacial score (nSPS) is 16.0. The Morgan fingerprint density at radius 3 is 0.571 bits per heavy atom. The van der Waals surface area contributed by atoms with Crippen LogP contribution in [0.1, 0.15) is 190 Å². The van der Waals surface area contributed by atoms with E-state index >= 15 is 0 Å². The number of aromatic nitrogens is 4. The zero-order valence-electron chi connectivity index (χ0n) is 78.6. The summed E-state index contributed by atoms with van der Waals surface area (Å²) < 4.78 is 266. The Morgan fingerprint density at radius 1 is 0.257 bits per heavy atom. The predicted molar refractivity (Wildman–Crippen MR) is 500 cm³/mol. The average molecular weight is 1990 g/mol. The zero-order valence-corrected chi connectivity index (χ0v) is 81.9. The first-order valence-corrected chi connectivity index (χ1v) is 52.0. The smallest absolute Gasteiger partial charge is 0.230 e. The summed E-state index contributed by atoms with van der Waals surface area (Å²) in [5.74, 6) is 4.82. The summed E-state index contributed by atoms with van der Waals surface area (Å²) in [5, 5.41) is 0. The van der Waals surface area contributed by atoms with E-state index in [4.69, 9.17) is 75.8 Å². The van der Waals surface area contributed by atoms with E-state index in [2.05, 4.69) is 120 Å². The van der Waals surface area contributed by atoms with Crippen molar-refractivity contribution in [1.82, 2.24) is 0 Å². The second-order valence-electron chi connectivity index (χ2n) is 34.5. The van der Waals surface area contributed by atoms with Crippen LogP contribution in [0.3, 0.4) is 0 Å². The molecular formula is C104H108N4O28S4. The minimum Gasteiger partial charge on any atom is -0.744 e. The Hall–Kier alpha value is -12.6. The SMILES string of the molecule is CC1c2cc3c4c(C[n+]5ccccc5)c2OCOc2c1cc1c(c2C[n+]2ccccc2)OCOc2c(cc5c(c2C[n+]2ccccc2)OCOc2c(cc(c(c2C[n+]2ccccc2)OCO4)C3C)C5C)C1C.CCOCCOc1c2cc(S(=O)(=O)[O-])cc1Cc1cc(S(=O)(=O)[O-])cc(c1OCCOCC)Cc1cc(S(=O)(=O)[O-])cc(c1OCCOCC)Cc1cc(S(=O)(=O)[O-])cc(c1OCCOCC)C2. The Kier molecular flexibility index (Phi) is 30.3. The molecule has 0 radical (unpaired) electrons. The van der Waals surface area contributed by atoms with Crippen LogP contribution in [0.25, 0.3) is 0 Å². The number of nitrogens with zero attached hydrogens (tertiary/aromatic N) is 4. The van der Waals surface area contributed by atoms with E-state index in [1.165, 1.54) is 0 Å². The fraction of sp³-hybridized carbons (Fsp3) is 0.346. The molecule has 736 valence electrons. The quantitative estimate of drug-likeness (QED) is 0.0215. The first-order chi connectivity index (χ1) is 67.5. The minimum atomic E-state index is -5.30. The second kappa shape index (κ2) is 42.9. The van der Waals surface area contributed by atoms with Crippen molar-refractivity contribution in [3.05, 3.63) is 306 Å². The number of pyridine rings is 4. The van der Waals surface area contributed by atoms with Gasteiger partial charge in [0, 0.05) is 213 Å². The highest BCUT2D eigenvalue weighted by Gasteiger charge is 2.42. The van der Waals surface area contributed by atoms with Crippen LogP contribution in [-0.4, -0.2) is 158 Å². The average Bonchev–Trinajstić information content (AvgIpc) is 0.715. The molecule has 16 bridgehead atoms. The van der Waals surface area contributed by atoms with E-state index in [9.17, 15) is 51.9 Å². The summed E-state index contributed by atoms with van der Waals surface area (Å²) in [6.07, 6.45) is 14.6.